The highest BCUT2D eigenvalue weighted by Crippen LogP contribution is 2.44. The highest BCUT2D eigenvalue weighted by atomic mass is 16.5. The molecule has 1 saturated heterocycles. The number of nitrogens with two attached hydrogens (primary N) is 1. The number of rotatable bonds is 4. The van der Waals surface area contributed by atoms with Crippen LogP contribution in [0.2, 0.25) is 0 Å². The SMILES string of the molecule is CC(C)CC1(C(=O)N2CCOC(C(C)N)C2)CCCC1. The van der Waals surface area contributed by atoms with E-state index in [0.717, 1.165) is 25.8 Å². The molecular formula is C16H30N2O2. The molecule has 116 valence electrons. The summed E-state index contributed by atoms with van der Waals surface area (Å²) in [6.45, 7) is 8.40. The fourth-order valence-corrected chi connectivity index (χ4v) is 3.85. The van der Waals surface area contributed by atoms with Gasteiger partial charge in [-0.3, -0.25) is 4.79 Å². The van der Waals surface area contributed by atoms with Gasteiger partial charge in [-0.2, -0.15) is 0 Å². The third-order valence-corrected chi connectivity index (χ3v) is 4.78. The van der Waals surface area contributed by atoms with E-state index < -0.39 is 0 Å². The van der Waals surface area contributed by atoms with E-state index >= 15 is 0 Å². The van der Waals surface area contributed by atoms with Gasteiger partial charge >= 0.3 is 0 Å². The molecule has 0 spiro atoms. The zero-order valence-electron chi connectivity index (χ0n) is 13.2. The molecule has 0 aromatic carbocycles. The maximum atomic E-state index is 13.1. The Morgan fingerprint density at radius 2 is 2.00 bits per heavy atom. The van der Waals surface area contributed by atoms with E-state index in [-0.39, 0.29) is 17.6 Å². The topological polar surface area (TPSA) is 55.6 Å². The van der Waals surface area contributed by atoms with Gasteiger partial charge in [-0.15, -0.1) is 0 Å². The molecule has 2 atom stereocenters. The second-order valence-corrected chi connectivity index (χ2v) is 7.10. The second-order valence-electron chi connectivity index (χ2n) is 7.10. The third-order valence-electron chi connectivity index (χ3n) is 4.78. The predicted molar refractivity (Wildman–Crippen MR) is 80.3 cm³/mol. The van der Waals surface area contributed by atoms with E-state index in [1.54, 1.807) is 0 Å². The summed E-state index contributed by atoms with van der Waals surface area (Å²) in [5.74, 6) is 0.931. The van der Waals surface area contributed by atoms with E-state index in [9.17, 15) is 4.79 Å². The summed E-state index contributed by atoms with van der Waals surface area (Å²) in [6, 6.07) is -0.0183. The lowest BCUT2D eigenvalue weighted by atomic mass is 9.77. The zero-order chi connectivity index (χ0) is 14.8. The molecule has 1 amide bonds. The van der Waals surface area contributed by atoms with E-state index in [0.29, 0.717) is 25.0 Å². The number of amides is 1. The van der Waals surface area contributed by atoms with Gasteiger partial charge in [-0.1, -0.05) is 26.7 Å². The smallest absolute Gasteiger partial charge is 0.228 e. The first-order chi connectivity index (χ1) is 9.44. The van der Waals surface area contributed by atoms with Crippen LogP contribution in [-0.2, 0) is 9.53 Å². The van der Waals surface area contributed by atoms with Gasteiger partial charge in [0.2, 0.25) is 5.91 Å². The van der Waals surface area contributed by atoms with Crippen molar-refractivity contribution in [3.05, 3.63) is 0 Å². The van der Waals surface area contributed by atoms with Gasteiger partial charge in [-0.25, -0.2) is 0 Å². The Labute approximate surface area is 123 Å². The van der Waals surface area contributed by atoms with Crippen LogP contribution in [0.3, 0.4) is 0 Å². The molecule has 0 radical (unpaired) electrons. The minimum Gasteiger partial charge on any atom is -0.373 e. The normalized spacial score (nSPS) is 27.9. The molecule has 1 heterocycles. The summed E-state index contributed by atoms with van der Waals surface area (Å²) < 4.78 is 5.68. The number of morpholine rings is 1. The molecular weight excluding hydrogens is 252 g/mol. The number of carbonyl (C=O) groups is 1. The first kappa shape index (κ1) is 15.8. The Bertz CT molecular complexity index is 335. The van der Waals surface area contributed by atoms with Crippen LogP contribution in [0.15, 0.2) is 0 Å². The Kier molecular flexibility index (Phi) is 5.08. The van der Waals surface area contributed by atoms with Crippen LogP contribution < -0.4 is 5.73 Å². The van der Waals surface area contributed by atoms with Gasteiger partial charge in [0.05, 0.1) is 12.7 Å². The molecule has 0 bridgehead atoms. The lowest BCUT2D eigenvalue weighted by molar-refractivity contribution is -0.151. The minimum absolute atomic E-state index is 0.00907. The second kappa shape index (κ2) is 6.44. The van der Waals surface area contributed by atoms with Crippen molar-refractivity contribution in [1.29, 1.82) is 0 Å². The van der Waals surface area contributed by atoms with E-state index in [2.05, 4.69) is 13.8 Å². The van der Waals surface area contributed by atoms with Crippen molar-refractivity contribution in [1.82, 2.24) is 4.90 Å². The summed E-state index contributed by atoms with van der Waals surface area (Å²) >= 11 is 0. The average Bonchev–Trinajstić information content (AvgIpc) is 2.86. The Morgan fingerprint density at radius 3 is 2.55 bits per heavy atom. The highest BCUT2D eigenvalue weighted by Gasteiger charge is 2.44. The Hall–Kier alpha value is -0.610. The van der Waals surface area contributed by atoms with Gasteiger partial charge < -0.3 is 15.4 Å². The van der Waals surface area contributed by atoms with Crippen LogP contribution in [-0.4, -0.2) is 42.6 Å². The first-order valence-electron chi connectivity index (χ1n) is 8.11. The van der Waals surface area contributed by atoms with Crippen molar-refractivity contribution in [3.63, 3.8) is 0 Å². The van der Waals surface area contributed by atoms with Crippen LogP contribution >= 0.6 is 0 Å². The van der Waals surface area contributed by atoms with E-state index in [1.165, 1.54) is 12.8 Å². The first-order valence-corrected chi connectivity index (χ1v) is 8.11. The lowest BCUT2D eigenvalue weighted by Gasteiger charge is -2.40. The fraction of sp³-hybridized carbons (Fsp3) is 0.938. The summed E-state index contributed by atoms with van der Waals surface area (Å²) in [7, 11) is 0. The quantitative estimate of drug-likeness (QED) is 0.859. The average molecular weight is 282 g/mol. The van der Waals surface area contributed by atoms with Crippen molar-refractivity contribution < 1.29 is 9.53 Å². The number of hydrogen-bond acceptors (Lipinski definition) is 3. The monoisotopic (exact) mass is 282 g/mol. The summed E-state index contributed by atoms with van der Waals surface area (Å²) in [6.07, 6.45) is 5.52. The fourth-order valence-electron chi connectivity index (χ4n) is 3.85. The number of nitrogens with zero attached hydrogens (tertiary/aromatic N) is 1. The predicted octanol–water partition coefficient (Wildman–Crippen LogP) is 2.17. The molecule has 0 aromatic heterocycles. The van der Waals surface area contributed by atoms with Crippen LogP contribution in [0.25, 0.3) is 0 Å². The maximum Gasteiger partial charge on any atom is 0.228 e. The molecule has 1 aliphatic heterocycles. The van der Waals surface area contributed by atoms with Gasteiger partial charge in [0.25, 0.3) is 0 Å². The molecule has 1 saturated carbocycles. The number of carbonyl (C=O) groups excluding carboxylic acids is 1. The molecule has 2 fully saturated rings. The largest absolute Gasteiger partial charge is 0.373 e. The van der Waals surface area contributed by atoms with E-state index in [1.807, 2.05) is 11.8 Å². The molecule has 0 aromatic rings. The molecule has 2 rings (SSSR count). The maximum absolute atomic E-state index is 13.1. The molecule has 20 heavy (non-hydrogen) atoms. The van der Waals surface area contributed by atoms with E-state index in [4.69, 9.17) is 10.5 Å². The molecule has 4 nitrogen and oxygen atoms in total. The van der Waals surface area contributed by atoms with Crippen LogP contribution in [0, 0.1) is 11.3 Å². The van der Waals surface area contributed by atoms with Crippen molar-refractivity contribution in [2.75, 3.05) is 19.7 Å². The molecule has 4 heteroatoms. The number of ether oxygens (including phenoxy) is 1. The van der Waals surface area contributed by atoms with Crippen molar-refractivity contribution in [2.24, 2.45) is 17.1 Å². The Morgan fingerprint density at radius 1 is 1.35 bits per heavy atom. The molecule has 1 aliphatic carbocycles. The van der Waals surface area contributed by atoms with Crippen molar-refractivity contribution in [2.45, 2.75) is 65.0 Å². The van der Waals surface area contributed by atoms with Gasteiger partial charge in [0.15, 0.2) is 0 Å². The lowest BCUT2D eigenvalue weighted by Crippen LogP contribution is -2.54. The summed E-state index contributed by atoms with van der Waals surface area (Å²) in [4.78, 5) is 15.1. The minimum atomic E-state index is -0.103. The third kappa shape index (κ3) is 3.34. The molecule has 2 N–H and O–H groups in total. The van der Waals surface area contributed by atoms with Crippen LogP contribution in [0.4, 0.5) is 0 Å². The van der Waals surface area contributed by atoms with Gasteiger partial charge in [0, 0.05) is 24.5 Å². The standard InChI is InChI=1S/C16H30N2O2/c1-12(2)10-16(6-4-5-7-16)15(19)18-8-9-20-14(11-18)13(3)17/h12-14H,4-11,17H2,1-3H3. The molecule has 2 aliphatic rings. The summed E-state index contributed by atoms with van der Waals surface area (Å²) in [5.41, 5.74) is 5.83. The van der Waals surface area contributed by atoms with Crippen LogP contribution in [0.1, 0.15) is 52.9 Å². The van der Waals surface area contributed by atoms with Crippen molar-refractivity contribution in [3.8, 4) is 0 Å². The van der Waals surface area contributed by atoms with Crippen LogP contribution in [0.5, 0.6) is 0 Å². The van der Waals surface area contributed by atoms with Gasteiger partial charge in [0.1, 0.15) is 0 Å². The van der Waals surface area contributed by atoms with Gasteiger partial charge in [-0.05, 0) is 32.1 Å². The highest BCUT2D eigenvalue weighted by molar-refractivity contribution is 5.83. The van der Waals surface area contributed by atoms with Crippen molar-refractivity contribution >= 4 is 5.91 Å². The number of hydrogen-bond donors (Lipinski definition) is 1. The zero-order valence-corrected chi connectivity index (χ0v) is 13.2. The Balaban J connectivity index is 2.07. The molecule has 2 unspecified atom stereocenters. The summed E-state index contributed by atoms with van der Waals surface area (Å²) in [5, 5.41) is 0.